The zero-order chi connectivity index (χ0) is 25.4. The second-order valence-corrected chi connectivity index (χ2v) is 6.87. The van der Waals surface area contributed by atoms with Gasteiger partial charge in [-0.15, -0.1) is 5.11 Å². The van der Waals surface area contributed by atoms with Crippen LogP contribution in [-0.2, 0) is 0 Å². The number of amides is 1. The lowest BCUT2D eigenvalue weighted by Crippen LogP contribution is -2.13. The van der Waals surface area contributed by atoms with E-state index in [2.05, 4.69) is 15.5 Å². The van der Waals surface area contributed by atoms with E-state index in [0.29, 0.717) is 21.5 Å². The van der Waals surface area contributed by atoms with Gasteiger partial charge in [0.25, 0.3) is 5.91 Å². The Bertz CT molecular complexity index is 1510. The lowest BCUT2D eigenvalue weighted by molar-refractivity contribution is 0.102. The first-order valence-corrected chi connectivity index (χ1v) is 9.28. The fourth-order valence-electron chi connectivity index (χ4n) is 2.94. The van der Waals surface area contributed by atoms with Gasteiger partial charge in [0.2, 0.25) is 0 Å². The smallest absolute Gasteiger partial charge is 0.259 e. The molecule has 1 amide bonds. The molecule has 4 aromatic carbocycles. The van der Waals surface area contributed by atoms with Gasteiger partial charge in [-0.3, -0.25) is 4.79 Å². The normalized spacial score (nSPS) is 13.5. The summed E-state index contributed by atoms with van der Waals surface area (Å²) < 4.78 is 39.4. The number of nitrogens with zero attached hydrogens (tertiary/aromatic N) is 2. The van der Waals surface area contributed by atoms with Crippen molar-refractivity contribution in [3.05, 3.63) is 94.9 Å². The molecule has 0 aliphatic rings. The van der Waals surface area contributed by atoms with Gasteiger partial charge in [-0.1, -0.05) is 54.0 Å². The first-order chi connectivity index (χ1) is 16.6. The molecule has 148 valence electrons. The highest BCUT2D eigenvalue weighted by Gasteiger charge is 2.19. The predicted molar refractivity (Wildman–Crippen MR) is 120 cm³/mol. The summed E-state index contributed by atoms with van der Waals surface area (Å²) in [6, 6.07) is 10.6. The van der Waals surface area contributed by atoms with Crippen LogP contribution in [0.4, 0.5) is 17.1 Å². The molecule has 5 nitrogen and oxygen atoms in total. The van der Waals surface area contributed by atoms with Gasteiger partial charge in [-0.2, -0.15) is 5.11 Å². The van der Waals surface area contributed by atoms with Gasteiger partial charge < -0.3 is 10.4 Å². The summed E-state index contributed by atoms with van der Waals surface area (Å²) in [7, 11) is 0. The van der Waals surface area contributed by atoms with Gasteiger partial charge in [0.1, 0.15) is 5.69 Å². The van der Waals surface area contributed by atoms with Gasteiger partial charge in [0, 0.05) is 16.1 Å². The summed E-state index contributed by atoms with van der Waals surface area (Å²) in [4.78, 5) is 13.1. The number of carbonyl (C=O) groups is 1. The lowest BCUT2D eigenvalue weighted by atomic mass is 10.0. The van der Waals surface area contributed by atoms with E-state index in [0.717, 1.165) is 5.56 Å². The van der Waals surface area contributed by atoms with Crippen LogP contribution in [0.25, 0.3) is 10.8 Å². The number of hydrogen-bond acceptors (Lipinski definition) is 4. The van der Waals surface area contributed by atoms with Crippen molar-refractivity contribution in [1.29, 1.82) is 0 Å². The van der Waals surface area contributed by atoms with Crippen molar-refractivity contribution in [3.8, 4) is 5.75 Å². The maximum absolute atomic E-state index is 13.1. The minimum atomic E-state index is -0.599. The van der Waals surface area contributed by atoms with E-state index in [9.17, 15) is 9.90 Å². The third-order valence-electron chi connectivity index (χ3n) is 4.41. The lowest BCUT2D eigenvalue weighted by Gasteiger charge is -2.12. The zero-order valence-corrected chi connectivity index (χ0v) is 16.5. The fourth-order valence-corrected chi connectivity index (χ4v) is 3.17. The van der Waals surface area contributed by atoms with E-state index in [-0.39, 0.29) is 16.9 Å². The number of nitrogens with one attached hydrogen (secondary N) is 1. The van der Waals surface area contributed by atoms with Crippen molar-refractivity contribution in [2.45, 2.75) is 6.92 Å². The molecule has 4 aromatic rings. The SMILES string of the molecule is [2H]c1c([2H])c([2H])c(/N=N/c2c(O)c(C(=O)Nc3ccc(Cl)cc3C)cc3ccccc23)c([2H])c1[2H]. The van der Waals surface area contributed by atoms with Gasteiger partial charge in [-0.25, -0.2) is 0 Å². The maximum Gasteiger partial charge on any atom is 0.259 e. The van der Waals surface area contributed by atoms with Crippen LogP contribution in [0.5, 0.6) is 5.75 Å². The van der Waals surface area contributed by atoms with Crippen LogP contribution < -0.4 is 5.32 Å². The summed E-state index contributed by atoms with van der Waals surface area (Å²) in [6.45, 7) is 1.78. The number of halogens is 1. The minimum absolute atomic E-state index is 0.0759. The van der Waals surface area contributed by atoms with Gasteiger partial charge in [0.05, 0.1) is 18.1 Å². The quantitative estimate of drug-likeness (QED) is 0.343. The molecule has 30 heavy (non-hydrogen) atoms. The fraction of sp³-hybridized carbons (Fsp3) is 0.0417. The Hall–Kier alpha value is -3.70. The number of rotatable bonds is 4. The summed E-state index contributed by atoms with van der Waals surface area (Å²) in [5.41, 5.74) is 0.702. The van der Waals surface area contributed by atoms with Crippen LogP contribution in [0, 0.1) is 6.92 Å². The average molecular weight is 421 g/mol. The molecular formula is C24H18ClN3O2. The third kappa shape index (κ3) is 4.02. The van der Waals surface area contributed by atoms with Gasteiger partial charge in [0.15, 0.2) is 5.75 Å². The summed E-state index contributed by atoms with van der Waals surface area (Å²) in [5, 5.41) is 23.2. The Morgan fingerprint density at radius 2 is 1.83 bits per heavy atom. The number of fused-ring (bicyclic) bond motifs is 1. The molecule has 0 unspecified atom stereocenters. The number of phenols is 1. The zero-order valence-electron chi connectivity index (χ0n) is 20.7. The molecule has 0 aliphatic carbocycles. The number of aromatic hydroxyl groups is 1. The molecular weight excluding hydrogens is 398 g/mol. The maximum atomic E-state index is 13.1. The average Bonchev–Trinajstić information content (AvgIpc) is 2.84. The van der Waals surface area contributed by atoms with E-state index in [1.807, 2.05) is 0 Å². The number of azo groups is 1. The number of aryl methyl sites for hydroxylation is 1. The standard InChI is InChI=1S/C24H18ClN3O2/c1-15-13-17(25)11-12-21(15)26-24(30)20-14-16-7-5-6-10-19(16)22(23(20)29)28-27-18-8-3-2-4-9-18/h2-14,29H,1H3,(H,26,30)/b28-27+/i2D,3D,4D,8D,9D. The van der Waals surface area contributed by atoms with Crippen LogP contribution in [0.15, 0.2) is 89.0 Å². The Morgan fingerprint density at radius 1 is 1.07 bits per heavy atom. The van der Waals surface area contributed by atoms with E-state index in [1.165, 1.54) is 6.07 Å². The number of anilines is 1. The second kappa shape index (κ2) is 8.35. The summed E-state index contributed by atoms with van der Waals surface area (Å²) in [6.07, 6.45) is 0. The monoisotopic (exact) mass is 420 g/mol. The van der Waals surface area contributed by atoms with Crippen molar-refractivity contribution >= 4 is 45.3 Å². The highest BCUT2D eigenvalue weighted by molar-refractivity contribution is 6.30. The molecule has 2 N–H and O–H groups in total. The topological polar surface area (TPSA) is 74.0 Å². The molecule has 0 heterocycles. The van der Waals surface area contributed by atoms with E-state index < -0.39 is 41.9 Å². The predicted octanol–water partition coefficient (Wildman–Crippen LogP) is 7.17. The van der Waals surface area contributed by atoms with Crippen LogP contribution in [0.1, 0.15) is 22.8 Å². The molecule has 0 fully saturated rings. The van der Waals surface area contributed by atoms with Crippen LogP contribution in [0.2, 0.25) is 5.02 Å². The molecule has 0 atom stereocenters. The molecule has 0 saturated heterocycles. The Balaban J connectivity index is 1.84. The number of hydrogen-bond donors (Lipinski definition) is 2. The van der Waals surface area contributed by atoms with Crippen LogP contribution in [-0.4, -0.2) is 11.0 Å². The van der Waals surface area contributed by atoms with Gasteiger partial charge in [-0.05, 0) is 54.2 Å². The van der Waals surface area contributed by atoms with Crippen molar-refractivity contribution in [3.63, 3.8) is 0 Å². The molecule has 0 aliphatic heterocycles. The van der Waals surface area contributed by atoms with E-state index in [1.54, 1.807) is 49.4 Å². The molecule has 4 rings (SSSR count). The molecule has 0 bridgehead atoms. The highest BCUT2D eigenvalue weighted by atomic mass is 35.5. The van der Waals surface area contributed by atoms with Crippen molar-refractivity contribution < 1.29 is 16.8 Å². The molecule has 0 radical (unpaired) electrons. The largest absolute Gasteiger partial charge is 0.505 e. The van der Waals surface area contributed by atoms with Crippen LogP contribution >= 0.6 is 11.6 Å². The number of carbonyl (C=O) groups excluding carboxylic acids is 1. The van der Waals surface area contributed by atoms with Crippen molar-refractivity contribution in [1.82, 2.24) is 0 Å². The third-order valence-corrected chi connectivity index (χ3v) is 4.65. The Labute approximate surface area is 185 Å². The highest BCUT2D eigenvalue weighted by Crippen LogP contribution is 2.39. The second-order valence-electron chi connectivity index (χ2n) is 6.43. The molecule has 0 aromatic heterocycles. The molecule has 0 saturated carbocycles. The van der Waals surface area contributed by atoms with E-state index in [4.69, 9.17) is 18.5 Å². The van der Waals surface area contributed by atoms with E-state index >= 15 is 0 Å². The van der Waals surface area contributed by atoms with Crippen LogP contribution in [0.3, 0.4) is 0 Å². The number of phenolic OH excluding ortho intramolecular Hbond substituents is 1. The summed E-state index contributed by atoms with van der Waals surface area (Å²) >= 11 is 5.98. The first-order valence-electron chi connectivity index (χ1n) is 11.4. The van der Waals surface area contributed by atoms with Gasteiger partial charge >= 0.3 is 0 Å². The van der Waals surface area contributed by atoms with Crippen molar-refractivity contribution in [2.24, 2.45) is 10.2 Å². The first kappa shape index (κ1) is 14.3. The van der Waals surface area contributed by atoms with Crippen molar-refractivity contribution in [2.75, 3.05) is 5.32 Å². The Morgan fingerprint density at radius 3 is 2.60 bits per heavy atom. The number of benzene rings is 4. The molecule has 0 spiro atoms. The minimum Gasteiger partial charge on any atom is -0.505 e. The molecule has 6 heteroatoms. The Kier molecular flexibility index (Phi) is 3.98. The summed E-state index contributed by atoms with van der Waals surface area (Å²) in [5.74, 6) is -1.07.